The zero-order chi connectivity index (χ0) is 46.6. The zero-order valence-corrected chi connectivity index (χ0v) is 40.5. The number of imidazole rings is 1. The van der Waals surface area contributed by atoms with Crippen molar-refractivity contribution < 1.29 is 9.30 Å². The minimum atomic E-state index is -2.99. The summed E-state index contributed by atoms with van der Waals surface area (Å²) in [6, 6.07) is 76.8. The lowest BCUT2D eigenvalue weighted by Crippen LogP contribution is -2.76. The van der Waals surface area contributed by atoms with Gasteiger partial charge >= 0.3 is 0 Å². The third-order valence-corrected chi connectivity index (χ3v) is 18.3. The average Bonchev–Trinajstić information content (AvgIpc) is 3.91. The van der Waals surface area contributed by atoms with Crippen molar-refractivity contribution in [2.75, 3.05) is 0 Å². The van der Waals surface area contributed by atoms with Gasteiger partial charge in [0.25, 0.3) is 6.33 Å². The van der Waals surface area contributed by atoms with E-state index in [0.717, 1.165) is 56.1 Å². The van der Waals surface area contributed by atoms with Crippen LogP contribution in [0.15, 0.2) is 219 Å². The molecule has 0 aliphatic heterocycles. The van der Waals surface area contributed by atoms with Gasteiger partial charge in [0.05, 0.1) is 33.4 Å². The fourth-order valence-corrected chi connectivity index (χ4v) is 15.2. The Morgan fingerprint density at radius 3 is 1.75 bits per heavy atom. The van der Waals surface area contributed by atoms with E-state index >= 15 is 0 Å². The van der Waals surface area contributed by atoms with Crippen molar-refractivity contribution in [3.05, 3.63) is 236 Å². The number of aromatic nitrogens is 4. The van der Waals surface area contributed by atoms with E-state index in [2.05, 4.69) is 268 Å². The third-order valence-electron chi connectivity index (χ3n) is 13.5. The van der Waals surface area contributed by atoms with Crippen molar-refractivity contribution in [1.29, 1.82) is 0 Å². The van der Waals surface area contributed by atoms with E-state index in [-0.39, 0.29) is 10.8 Å². The maximum absolute atomic E-state index is 6.83. The molecule has 68 heavy (non-hydrogen) atoms. The monoisotopic (exact) mass is 898 g/mol. The lowest BCUT2D eigenvalue weighted by molar-refractivity contribution is -0.572. The van der Waals surface area contributed by atoms with Crippen LogP contribution in [0.3, 0.4) is 0 Å². The Morgan fingerprint density at radius 1 is 0.500 bits per heavy atom. The highest BCUT2D eigenvalue weighted by atomic mass is 28.3. The molecule has 11 rings (SSSR count). The molecule has 0 bridgehead atoms. The van der Waals surface area contributed by atoms with E-state index in [1.807, 2.05) is 12.3 Å². The minimum absolute atomic E-state index is 0.0193. The Kier molecular flexibility index (Phi) is 10.6. The first-order valence-electron chi connectivity index (χ1n) is 23.5. The second-order valence-corrected chi connectivity index (χ2v) is 23.6. The molecule has 3 heterocycles. The Hall–Kier alpha value is -7.80. The van der Waals surface area contributed by atoms with Gasteiger partial charge in [-0.1, -0.05) is 199 Å². The molecule has 11 aromatic rings. The van der Waals surface area contributed by atoms with Gasteiger partial charge in [-0.2, -0.15) is 0 Å². The van der Waals surface area contributed by atoms with E-state index in [0.29, 0.717) is 0 Å². The highest BCUT2D eigenvalue weighted by molar-refractivity contribution is 7.20. The van der Waals surface area contributed by atoms with Crippen molar-refractivity contribution in [3.8, 4) is 28.7 Å². The molecule has 0 unspecified atom stereocenters. The molecule has 0 amide bonds. The Bertz CT molecular complexity index is 3520. The van der Waals surface area contributed by atoms with Gasteiger partial charge in [0.1, 0.15) is 17.3 Å². The topological polar surface area (TPSA) is 35.9 Å². The van der Waals surface area contributed by atoms with E-state index in [1.165, 1.54) is 37.3 Å². The second kappa shape index (κ2) is 16.8. The maximum Gasteiger partial charge on any atom is 0.269 e. The van der Waals surface area contributed by atoms with Gasteiger partial charge in [0.2, 0.25) is 0 Å². The molecule has 0 spiro atoms. The maximum atomic E-state index is 6.83. The van der Waals surface area contributed by atoms with Crippen molar-refractivity contribution in [3.63, 3.8) is 0 Å². The number of hydrogen-bond acceptors (Lipinski definition) is 2. The van der Waals surface area contributed by atoms with Crippen molar-refractivity contribution in [2.45, 2.75) is 52.4 Å². The minimum Gasteiger partial charge on any atom is -0.458 e. The van der Waals surface area contributed by atoms with Crippen LogP contribution in [0.2, 0.25) is 0 Å². The largest absolute Gasteiger partial charge is 0.458 e. The summed E-state index contributed by atoms with van der Waals surface area (Å²) in [4.78, 5) is 4.90. The predicted octanol–water partition coefficient (Wildman–Crippen LogP) is 12.0. The van der Waals surface area contributed by atoms with Gasteiger partial charge in [-0.3, -0.25) is 13.7 Å². The van der Waals surface area contributed by atoms with Gasteiger partial charge in [0, 0.05) is 23.0 Å². The summed E-state index contributed by atoms with van der Waals surface area (Å²) in [6.07, 6.45) is 5.88. The summed E-state index contributed by atoms with van der Waals surface area (Å²) in [7, 11) is -2.99. The van der Waals surface area contributed by atoms with Crippen LogP contribution in [0.1, 0.15) is 52.7 Å². The summed E-state index contributed by atoms with van der Waals surface area (Å²) in [5, 5.41) is 7.61. The molecule has 0 atom stereocenters. The van der Waals surface area contributed by atoms with Crippen molar-refractivity contribution in [2.24, 2.45) is 0 Å². The molecular formula is C62H54N4OSi. The smallest absolute Gasteiger partial charge is 0.269 e. The van der Waals surface area contributed by atoms with Gasteiger partial charge in [-0.15, -0.1) is 0 Å². The first-order chi connectivity index (χ1) is 33.0. The first kappa shape index (κ1) is 42.8. The highest BCUT2D eigenvalue weighted by Crippen LogP contribution is 2.37. The molecule has 5 nitrogen and oxygen atoms in total. The molecule has 6 heteroatoms. The van der Waals surface area contributed by atoms with Crippen molar-refractivity contribution in [1.82, 2.24) is 14.1 Å². The fraction of sp³-hybridized carbons (Fsp3) is 0.129. The third kappa shape index (κ3) is 7.33. The lowest BCUT2D eigenvalue weighted by Gasteiger charge is -2.38. The molecule has 332 valence electrons. The normalized spacial score (nSPS) is 12.3. The molecule has 3 aromatic heterocycles. The van der Waals surface area contributed by atoms with Gasteiger partial charge < -0.3 is 4.74 Å². The molecule has 0 fully saturated rings. The molecule has 0 radical (unpaired) electrons. The Morgan fingerprint density at radius 2 is 1.09 bits per heavy atom. The van der Waals surface area contributed by atoms with E-state index in [4.69, 9.17) is 9.72 Å². The summed E-state index contributed by atoms with van der Waals surface area (Å²) in [5.41, 5.74) is 8.63. The van der Waals surface area contributed by atoms with Crippen LogP contribution in [0.25, 0.3) is 50.0 Å². The van der Waals surface area contributed by atoms with Crippen LogP contribution < -0.4 is 30.1 Å². The van der Waals surface area contributed by atoms with Crippen LogP contribution in [-0.4, -0.2) is 22.2 Å². The molecule has 0 N–H and O–H groups in total. The summed E-state index contributed by atoms with van der Waals surface area (Å²) < 4.78 is 13.6. The zero-order valence-electron chi connectivity index (χ0n) is 39.5. The van der Waals surface area contributed by atoms with E-state index in [1.54, 1.807) is 0 Å². The second-order valence-electron chi connectivity index (χ2n) is 19.8. The number of rotatable bonds is 9. The molecule has 0 aliphatic rings. The molecule has 0 aliphatic carbocycles. The molecule has 0 saturated carbocycles. The molecular weight excluding hydrogens is 845 g/mol. The molecule has 8 aromatic carbocycles. The Balaban J connectivity index is 1.08. The quantitative estimate of drug-likeness (QED) is 0.0626. The first-order valence-corrected chi connectivity index (χ1v) is 25.5. The summed E-state index contributed by atoms with van der Waals surface area (Å²) >= 11 is 0. The average molecular weight is 899 g/mol. The fourth-order valence-electron chi connectivity index (χ4n) is 10.2. The number of fused-ring (bicyclic) bond motifs is 4. The number of benzene rings is 8. The summed E-state index contributed by atoms with van der Waals surface area (Å²) in [6.45, 7) is 13.7. The Labute approximate surface area is 400 Å². The van der Waals surface area contributed by atoms with Gasteiger partial charge in [0.15, 0.2) is 8.07 Å². The number of ether oxygens (including phenoxy) is 1. The number of para-hydroxylation sites is 4. The number of hydrogen-bond donors (Lipinski definition) is 0. The summed E-state index contributed by atoms with van der Waals surface area (Å²) in [5.74, 6) is 2.36. The van der Waals surface area contributed by atoms with Crippen LogP contribution in [0.5, 0.6) is 11.5 Å². The van der Waals surface area contributed by atoms with E-state index in [9.17, 15) is 0 Å². The highest BCUT2D eigenvalue weighted by Gasteiger charge is 2.44. The number of nitrogens with zero attached hydrogens (tertiary/aromatic N) is 4. The van der Waals surface area contributed by atoms with Crippen LogP contribution in [0.4, 0.5) is 0 Å². The number of pyridine rings is 1. The van der Waals surface area contributed by atoms with Crippen LogP contribution >= 0.6 is 0 Å². The van der Waals surface area contributed by atoms with Gasteiger partial charge in [-0.25, -0.2) is 4.98 Å². The van der Waals surface area contributed by atoms with Crippen LogP contribution in [-0.2, 0) is 10.8 Å². The van der Waals surface area contributed by atoms with Crippen LogP contribution in [0, 0.1) is 6.33 Å². The van der Waals surface area contributed by atoms with E-state index < -0.39 is 8.07 Å². The van der Waals surface area contributed by atoms with Gasteiger partial charge in [-0.05, 0) is 91.2 Å². The SMILES string of the molecule is CC(C)(C)c1ccnc(-n2c3ccccc3c3ccc(Oc4cccc(-n5[c-][n+](-c6c(C(C)(C)C)cccc6[Si](c6ccccc6)(c6ccccc6)c6ccccc6)c6ccccc65)c4)cc32)c1. The predicted molar refractivity (Wildman–Crippen MR) is 283 cm³/mol. The van der Waals surface area contributed by atoms with Crippen molar-refractivity contribution >= 4 is 61.7 Å². The molecule has 0 saturated heterocycles. The standard InChI is InChI=1S/C62H54N4OSi/c1-61(2,3)44-38-39-63-59(40-44)66-54-32-17-16-30-51(54)52-37-36-47(42-57(52)66)67-46-23-20-22-45(41-46)64-43-65(56-34-19-18-33-55(56)64)60-53(62(4,5)6)31-21-35-58(60)68(48-24-10-7-11-25-48,49-26-12-8-13-27-49)50-28-14-9-15-29-50/h7-42H,1-6H3. The lowest BCUT2D eigenvalue weighted by atomic mass is 9.85.